The molecule has 88 valence electrons. The summed E-state index contributed by atoms with van der Waals surface area (Å²) >= 11 is 0. The number of nitrogens with zero attached hydrogens (tertiary/aromatic N) is 2. The van der Waals surface area contributed by atoms with Gasteiger partial charge in [-0.15, -0.1) is 5.10 Å². The predicted molar refractivity (Wildman–Crippen MR) is 64.0 cm³/mol. The summed E-state index contributed by atoms with van der Waals surface area (Å²) in [6.45, 7) is 1.90. The Labute approximate surface area is 99.6 Å². The molecule has 17 heavy (non-hydrogen) atoms. The Balaban J connectivity index is 2.29. The van der Waals surface area contributed by atoms with E-state index in [0.717, 1.165) is 5.56 Å². The zero-order chi connectivity index (χ0) is 12.3. The number of nitrogens with one attached hydrogen (secondary N) is 1. The number of rotatable bonds is 3. The highest BCUT2D eigenvalue weighted by atomic mass is 32.2. The van der Waals surface area contributed by atoms with Gasteiger partial charge in [0.25, 0.3) is 10.0 Å². The molecule has 0 unspecified atom stereocenters. The minimum absolute atomic E-state index is 0.202. The molecule has 0 bridgehead atoms. The maximum atomic E-state index is 11.9. The van der Waals surface area contributed by atoms with Crippen LogP contribution < -0.4 is 4.72 Å². The van der Waals surface area contributed by atoms with E-state index in [9.17, 15) is 8.42 Å². The van der Waals surface area contributed by atoms with Crippen molar-refractivity contribution < 1.29 is 8.42 Å². The third kappa shape index (κ3) is 2.79. The van der Waals surface area contributed by atoms with Crippen LogP contribution in [0.25, 0.3) is 0 Å². The first kappa shape index (κ1) is 11.5. The number of sulfonamides is 1. The summed E-state index contributed by atoms with van der Waals surface area (Å²) in [5.41, 5.74) is 1.00. The average molecular weight is 249 g/mol. The number of hydrogen-bond acceptors (Lipinski definition) is 4. The number of hydrogen-bond donors (Lipinski definition) is 1. The van der Waals surface area contributed by atoms with Gasteiger partial charge in [0.15, 0.2) is 5.82 Å². The van der Waals surface area contributed by atoms with Gasteiger partial charge in [0, 0.05) is 6.20 Å². The van der Waals surface area contributed by atoms with Gasteiger partial charge < -0.3 is 0 Å². The van der Waals surface area contributed by atoms with E-state index in [0.29, 0.717) is 0 Å². The van der Waals surface area contributed by atoms with E-state index in [1.165, 1.54) is 6.20 Å². The number of benzene rings is 1. The molecule has 0 saturated carbocycles. The van der Waals surface area contributed by atoms with E-state index in [1.54, 1.807) is 36.4 Å². The van der Waals surface area contributed by atoms with Crippen molar-refractivity contribution in [3.8, 4) is 0 Å². The van der Waals surface area contributed by atoms with Gasteiger partial charge in [0.2, 0.25) is 0 Å². The Morgan fingerprint density at radius 2 is 1.82 bits per heavy atom. The molecular formula is C11H11N3O2S. The van der Waals surface area contributed by atoms with Crippen molar-refractivity contribution in [2.24, 2.45) is 0 Å². The quantitative estimate of drug-likeness (QED) is 0.896. The Morgan fingerprint density at radius 3 is 2.41 bits per heavy atom. The summed E-state index contributed by atoms with van der Waals surface area (Å²) < 4.78 is 26.2. The molecule has 0 saturated heterocycles. The molecule has 6 heteroatoms. The van der Waals surface area contributed by atoms with Gasteiger partial charge in [-0.3, -0.25) is 4.72 Å². The third-order valence-electron chi connectivity index (χ3n) is 2.14. The van der Waals surface area contributed by atoms with Crippen molar-refractivity contribution in [1.29, 1.82) is 0 Å². The molecule has 2 aromatic rings. The Morgan fingerprint density at radius 1 is 1.12 bits per heavy atom. The van der Waals surface area contributed by atoms with Crippen LogP contribution in [0.15, 0.2) is 47.5 Å². The molecule has 1 aromatic carbocycles. The molecule has 0 radical (unpaired) electrons. The second kappa shape index (κ2) is 4.50. The van der Waals surface area contributed by atoms with Crippen LogP contribution in [0.5, 0.6) is 0 Å². The van der Waals surface area contributed by atoms with Crippen LogP contribution in [0.1, 0.15) is 5.56 Å². The van der Waals surface area contributed by atoms with Gasteiger partial charge in [-0.25, -0.2) is 8.42 Å². The van der Waals surface area contributed by atoms with Crippen LogP contribution >= 0.6 is 0 Å². The van der Waals surface area contributed by atoms with Gasteiger partial charge >= 0.3 is 0 Å². The lowest BCUT2D eigenvalue weighted by molar-refractivity contribution is 0.601. The largest absolute Gasteiger partial charge is 0.263 e. The summed E-state index contributed by atoms with van der Waals surface area (Å²) in [5.74, 6) is 0.202. The van der Waals surface area contributed by atoms with Crippen LogP contribution in [-0.2, 0) is 10.0 Å². The monoisotopic (exact) mass is 249 g/mol. The summed E-state index contributed by atoms with van der Waals surface area (Å²) in [4.78, 5) is 0.203. The predicted octanol–water partition coefficient (Wildman–Crippen LogP) is 1.59. The van der Waals surface area contributed by atoms with Gasteiger partial charge in [0.05, 0.1) is 4.90 Å². The van der Waals surface area contributed by atoms with Crippen LogP contribution in [-0.4, -0.2) is 18.6 Å². The summed E-state index contributed by atoms with van der Waals surface area (Å²) in [6.07, 6.45) is 1.48. The summed E-state index contributed by atoms with van der Waals surface area (Å²) in [6, 6.07) is 9.73. The maximum absolute atomic E-state index is 11.9. The van der Waals surface area contributed by atoms with Crippen molar-refractivity contribution >= 4 is 15.8 Å². The first-order valence-corrected chi connectivity index (χ1v) is 6.43. The Kier molecular flexibility index (Phi) is 3.06. The zero-order valence-corrected chi connectivity index (χ0v) is 9.98. The lowest BCUT2D eigenvalue weighted by Gasteiger charge is -2.06. The fourth-order valence-electron chi connectivity index (χ4n) is 1.27. The normalized spacial score (nSPS) is 11.1. The SMILES string of the molecule is Cc1ccc(S(=O)(=O)Nc2cccnn2)cc1. The fraction of sp³-hybridized carbons (Fsp3) is 0.0909. The van der Waals surface area contributed by atoms with Gasteiger partial charge in [-0.1, -0.05) is 17.7 Å². The van der Waals surface area contributed by atoms with Crippen molar-refractivity contribution in [3.05, 3.63) is 48.2 Å². The molecule has 0 amide bonds. The molecule has 1 aromatic heterocycles. The molecule has 0 atom stereocenters. The molecule has 1 N–H and O–H groups in total. The van der Waals surface area contributed by atoms with E-state index < -0.39 is 10.0 Å². The standard InChI is InChI=1S/C11H11N3O2S/c1-9-4-6-10(7-5-9)17(15,16)14-11-3-2-8-12-13-11/h2-8H,1H3,(H,13,14). The van der Waals surface area contributed by atoms with Crippen LogP contribution in [0.4, 0.5) is 5.82 Å². The van der Waals surface area contributed by atoms with E-state index in [4.69, 9.17) is 0 Å². The maximum Gasteiger partial charge on any atom is 0.263 e. The van der Waals surface area contributed by atoms with E-state index >= 15 is 0 Å². The molecule has 0 aliphatic rings. The Bertz CT molecular complexity index is 594. The van der Waals surface area contributed by atoms with Crippen LogP contribution in [0.2, 0.25) is 0 Å². The molecule has 2 rings (SSSR count). The van der Waals surface area contributed by atoms with Gasteiger partial charge in [-0.05, 0) is 31.2 Å². The minimum atomic E-state index is -3.58. The molecule has 0 spiro atoms. The van der Waals surface area contributed by atoms with Crippen molar-refractivity contribution in [3.63, 3.8) is 0 Å². The van der Waals surface area contributed by atoms with Crippen molar-refractivity contribution in [2.75, 3.05) is 4.72 Å². The molecule has 1 heterocycles. The van der Waals surface area contributed by atoms with Gasteiger partial charge in [-0.2, -0.15) is 5.10 Å². The van der Waals surface area contributed by atoms with E-state index in [-0.39, 0.29) is 10.7 Å². The van der Waals surface area contributed by atoms with E-state index in [1.807, 2.05) is 6.92 Å². The molecule has 0 fully saturated rings. The van der Waals surface area contributed by atoms with Crippen LogP contribution in [0, 0.1) is 6.92 Å². The number of anilines is 1. The second-order valence-electron chi connectivity index (χ2n) is 3.53. The topological polar surface area (TPSA) is 72.0 Å². The van der Waals surface area contributed by atoms with E-state index in [2.05, 4.69) is 14.9 Å². The first-order valence-electron chi connectivity index (χ1n) is 4.95. The second-order valence-corrected chi connectivity index (χ2v) is 5.21. The Hall–Kier alpha value is -1.95. The zero-order valence-electron chi connectivity index (χ0n) is 9.16. The molecule has 5 nitrogen and oxygen atoms in total. The smallest absolute Gasteiger partial charge is 0.262 e. The third-order valence-corrected chi connectivity index (χ3v) is 3.51. The van der Waals surface area contributed by atoms with Crippen molar-refractivity contribution in [2.45, 2.75) is 11.8 Å². The molecule has 0 aliphatic heterocycles. The highest BCUT2D eigenvalue weighted by Gasteiger charge is 2.14. The highest BCUT2D eigenvalue weighted by molar-refractivity contribution is 7.92. The summed E-state index contributed by atoms with van der Waals surface area (Å²) in [7, 11) is -3.58. The first-order chi connectivity index (χ1) is 8.08. The summed E-state index contributed by atoms with van der Waals surface area (Å²) in [5, 5.41) is 7.27. The lowest BCUT2D eigenvalue weighted by atomic mass is 10.2. The van der Waals surface area contributed by atoms with Crippen molar-refractivity contribution in [1.82, 2.24) is 10.2 Å². The number of aromatic nitrogens is 2. The highest BCUT2D eigenvalue weighted by Crippen LogP contribution is 2.13. The number of aryl methyl sites for hydroxylation is 1. The fourth-order valence-corrected chi connectivity index (χ4v) is 2.27. The lowest BCUT2D eigenvalue weighted by Crippen LogP contribution is -2.14. The minimum Gasteiger partial charge on any atom is -0.262 e. The average Bonchev–Trinajstić information content (AvgIpc) is 2.30. The molecule has 0 aliphatic carbocycles. The van der Waals surface area contributed by atoms with Gasteiger partial charge in [0.1, 0.15) is 0 Å². The van der Waals surface area contributed by atoms with Crippen LogP contribution in [0.3, 0.4) is 0 Å². The molecular weight excluding hydrogens is 238 g/mol.